The van der Waals surface area contributed by atoms with E-state index in [9.17, 15) is 4.79 Å². The van der Waals surface area contributed by atoms with Crippen molar-refractivity contribution in [3.63, 3.8) is 0 Å². The number of amides is 1. The van der Waals surface area contributed by atoms with Gasteiger partial charge in [-0.05, 0) is 32.8 Å². The summed E-state index contributed by atoms with van der Waals surface area (Å²) in [6.45, 7) is 6.41. The Morgan fingerprint density at radius 1 is 1.40 bits per heavy atom. The fourth-order valence-electron chi connectivity index (χ4n) is 2.86. The minimum atomic E-state index is -0.0281. The molecule has 2 aliphatic rings. The van der Waals surface area contributed by atoms with Gasteiger partial charge in [-0.2, -0.15) is 0 Å². The Labute approximate surface area is 119 Å². The molecule has 1 aromatic heterocycles. The Kier molecular flexibility index (Phi) is 3.81. The van der Waals surface area contributed by atoms with Crippen molar-refractivity contribution >= 4 is 5.91 Å². The number of hydrogen-bond acceptors (Lipinski definition) is 3. The van der Waals surface area contributed by atoms with Crippen LogP contribution in [0, 0.1) is 13.8 Å². The molecule has 0 aromatic carbocycles. The van der Waals surface area contributed by atoms with E-state index in [0.717, 1.165) is 11.3 Å². The van der Waals surface area contributed by atoms with Crippen molar-refractivity contribution in [1.29, 1.82) is 0 Å². The van der Waals surface area contributed by atoms with Gasteiger partial charge in [0.2, 0.25) is 0 Å². The third kappa shape index (κ3) is 2.74. The van der Waals surface area contributed by atoms with Crippen molar-refractivity contribution in [3.8, 4) is 0 Å². The molecule has 1 amide bonds. The molecule has 110 valence electrons. The summed E-state index contributed by atoms with van der Waals surface area (Å²) >= 11 is 0. The SMILES string of the molecule is Cc1cc(C(=O)NC[C@H]2COCCO2)c(C)n1C1CC1. The molecule has 1 saturated carbocycles. The van der Waals surface area contributed by atoms with Crippen molar-refractivity contribution in [2.45, 2.75) is 38.8 Å². The zero-order valence-electron chi connectivity index (χ0n) is 12.1. The van der Waals surface area contributed by atoms with E-state index in [1.54, 1.807) is 0 Å². The van der Waals surface area contributed by atoms with E-state index in [-0.39, 0.29) is 12.0 Å². The molecule has 3 rings (SSSR count). The van der Waals surface area contributed by atoms with Crippen LogP contribution in [0.2, 0.25) is 0 Å². The second-order valence-corrected chi connectivity index (χ2v) is 5.66. The van der Waals surface area contributed by atoms with Gasteiger partial charge >= 0.3 is 0 Å². The van der Waals surface area contributed by atoms with Crippen molar-refractivity contribution < 1.29 is 14.3 Å². The topological polar surface area (TPSA) is 52.5 Å². The number of nitrogens with one attached hydrogen (secondary N) is 1. The van der Waals surface area contributed by atoms with Gasteiger partial charge in [-0.25, -0.2) is 0 Å². The summed E-state index contributed by atoms with van der Waals surface area (Å²) in [4.78, 5) is 12.3. The maximum atomic E-state index is 12.3. The highest BCUT2D eigenvalue weighted by atomic mass is 16.6. The Morgan fingerprint density at radius 3 is 2.85 bits per heavy atom. The van der Waals surface area contributed by atoms with Crippen LogP contribution in [0.1, 0.15) is 40.6 Å². The molecule has 1 saturated heterocycles. The first kappa shape index (κ1) is 13.6. The van der Waals surface area contributed by atoms with Gasteiger partial charge in [0.15, 0.2) is 0 Å². The number of carbonyl (C=O) groups excluding carboxylic acids is 1. The summed E-state index contributed by atoms with van der Waals surface area (Å²) < 4.78 is 13.1. The van der Waals surface area contributed by atoms with Crippen LogP contribution in [0.15, 0.2) is 6.07 Å². The quantitative estimate of drug-likeness (QED) is 0.910. The van der Waals surface area contributed by atoms with Gasteiger partial charge in [0.25, 0.3) is 5.91 Å². The summed E-state index contributed by atoms with van der Waals surface area (Å²) in [5.41, 5.74) is 3.03. The maximum absolute atomic E-state index is 12.3. The molecule has 1 aliphatic carbocycles. The molecule has 0 radical (unpaired) electrons. The lowest BCUT2D eigenvalue weighted by Gasteiger charge is -2.23. The zero-order chi connectivity index (χ0) is 14.1. The average Bonchev–Trinajstić information content (AvgIpc) is 3.23. The molecule has 0 bridgehead atoms. The van der Waals surface area contributed by atoms with Crippen LogP contribution in [0.3, 0.4) is 0 Å². The van der Waals surface area contributed by atoms with Crippen LogP contribution >= 0.6 is 0 Å². The molecule has 1 N–H and O–H groups in total. The first-order valence-corrected chi connectivity index (χ1v) is 7.33. The maximum Gasteiger partial charge on any atom is 0.253 e. The van der Waals surface area contributed by atoms with E-state index in [1.165, 1.54) is 18.5 Å². The molecule has 0 unspecified atom stereocenters. The van der Waals surface area contributed by atoms with Crippen LogP contribution in [-0.2, 0) is 9.47 Å². The molecule has 1 aromatic rings. The molecule has 2 heterocycles. The van der Waals surface area contributed by atoms with Gasteiger partial charge in [-0.15, -0.1) is 0 Å². The van der Waals surface area contributed by atoms with Gasteiger partial charge in [0.1, 0.15) is 0 Å². The molecular weight excluding hydrogens is 256 g/mol. The minimum Gasteiger partial charge on any atom is -0.376 e. The highest BCUT2D eigenvalue weighted by molar-refractivity contribution is 5.95. The number of aromatic nitrogens is 1. The summed E-state index contributed by atoms with van der Waals surface area (Å²) in [7, 11) is 0. The normalized spacial score (nSPS) is 22.8. The van der Waals surface area contributed by atoms with E-state index in [0.29, 0.717) is 32.4 Å². The van der Waals surface area contributed by atoms with E-state index < -0.39 is 0 Å². The van der Waals surface area contributed by atoms with Crippen molar-refractivity contribution in [3.05, 3.63) is 23.0 Å². The van der Waals surface area contributed by atoms with Crippen LogP contribution in [-0.4, -0.2) is 42.9 Å². The number of nitrogens with zero attached hydrogens (tertiary/aromatic N) is 1. The van der Waals surface area contributed by atoms with Crippen LogP contribution in [0.4, 0.5) is 0 Å². The monoisotopic (exact) mass is 278 g/mol. The lowest BCUT2D eigenvalue weighted by atomic mass is 10.2. The van der Waals surface area contributed by atoms with Gasteiger partial charge in [0.05, 0.1) is 31.5 Å². The van der Waals surface area contributed by atoms with E-state index >= 15 is 0 Å². The van der Waals surface area contributed by atoms with Gasteiger partial charge < -0.3 is 19.4 Å². The summed E-state index contributed by atoms with van der Waals surface area (Å²) in [5.74, 6) is -0.0147. The second-order valence-electron chi connectivity index (χ2n) is 5.66. The number of hydrogen-bond donors (Lipinski definition) is 1. The van der Waals surface area contributed by atoms with E-state index in [1.807, 2.05) is 13.0 Å². The lowest BCUT2D eigenvalue weighted by molar-refractivity contribution is -0.0855. The summed E-state index contributed by atoms with van der Waals surface area (Å²) in [5, 5.41) is 2.95. The first-order chi connectivity index (χ1) is 9.66. The highest BCUT2D eigenvalue weighted by Gasteiger charge is 2.28. The Morgan fingerprint density at radius 2 is 2.20 bits per heavy atom. The van der Waals surface area contributed by atoms with Crippen LogP contribution < -0.4 is 5.32 Å². The van der Waals surface area contributed by atoms with E-state index in [4.69, 9.17) is 9.47 Å². The number of aryl methyl sites for hydroxylation is 1. The Balaban J connectivity index is 1.63. The van der Waals surface area contributed by atoms with Crippen molar-refractivity contribution in [2.75, 3.05) is 26.4 Å². The average molecular weight is 278 g/mol. The zero-order valence-corrected chi connectivity index (χ0v) is 12.1. The largest absolute Gasteiger partial charge is 0.376 e. The predicted molar refractivity (Wildman–Crippen MR) is 75.1 cm³/mol. The molecule has 1 atom stereocenters. The van der Waals surface area contributed by atoms with Crippen molar-refractivity contribution in [1.82, 2.24) is 9.88 Å². The van der Waals surface area contributed by atoms with Gasteiger partial charge in [-0.1, -0.05) is 0 Å². The van der Waals surface area contributed by atoms with Crippen LogP contribution in [0.5, 0.6) is 0 Å². The Hall–Kier alpha value is -1.33. The molecule has 20 heavy (non-hydrogen) atoms. The minimum absolute atomic E-state index is 0.0147. The lowest BCUT2D eigenvalue weighted by Crippen LogP contribution is -2.39. The third-order valence-electron chi connectivity index (χ3n) is 4.02. The third-order valence-corrected chi connectivity index (χ3v) is 4.02. The summed E-state index contributed by atoms with van der Waals surface area (Å²) in [6, 6.07) is 2.59. The fourth-order valence-corrected chi connectivity index (χ4v) is 2.86. The van der Waals surface area contributed by atoms with Crippen LogP contribution in [0.25, 0.3) is 0 Å². The standard InChI is InChI=1S/C15H22N2O3/c1-10-7-14(11(2)17(10)12-3-4-12)15(18)16-8-13-9-19-5-6-20-13/h7,12-13H,3-6,8-9H2,1-2H3,(H,16,18)/t13-/m0/s1. The highest BCUT2D eigenvalue weighted by Crippen LogP contribution is 2.38. The number of rotatable bonds is 4. The molecule has 5 heteroatoms. The smallest absolute Gasteiger partial charge is 0.253 e. The van der Waals surface area contributed by atoms with Gasteiger partial charge in [-0.3, -0.25) is 4.79 Å². The predicted octanol–water partition coefficient (Wildman–Crippen LogP) is 1.59. The van der Waals surface area contributed by atoms with E-state index in [2.05, 4.69) is 16.8 Å². The molecule has 0 spiro atoms. The molecule has 2 fully saturated rings. The second kappa shape index (κ2) is 5.58. The van der Waals surface area contributed by atoms with Crippen molar-refractivity contribution in [2.24, 2.45) is 0 Å². The fraction of sp³-hybridized carbons (Fsp3) is 0.667. The Bertz CT molecular complexity index is 499. The van der Waals surface area contributed by atoms with Gasteiger partial charge in [0, 0.05) is 24.0 Å². The number of carbonyl (C=O) groups is 1. The summed E-state index contributed by atoms with van der Waals surface area (Å²) in [6.07, 6.45) is 2.43. The molecular formula is C15H22N2O3. The molecule has 5 nitrogen and oxygen atoms in total. The molecule has 1 aliphatic heterocycles. The first-order valence-electron chi connectivity index (χ1n) is 7.33. The number of ether oxygens (including phenoxy) is 2.